The molecule has 0 aliphatic heterocycles. The smallest absolute Gasteiger partial charge is 0.227 e. The maximum absolute atomic E-state index is 12.5. The fraction of sp³-hybridized carbons (Fsp3) is 0.143. The van der Waals surface area contributed by atoms with E-state index in [0.717, 1.165) is 16.5 Å². The molecule has 0 spiro atoms. The van der Waals surface area contributed by atoms with E-state index in [1.807, 2.05) is 30.5 Å². The first-order valence-corrected chi connectivity index (χ1v) is 11.4. The monoisotopic (exact) mass is 441 g/mol. The molecule has 2 heterocycles. The van der Waals surface area contributed by atoms with Gasteiger partial charge in [0.1, 0.15) is 5.75 Å². The predicted octanol–water partition coefficient (Wildman–Crippen LogP) is 5.12. The van der Waals surface area contributed by atoms with Crippen LogP contribution in [0.15, 0.2) is 64.1 Å². The van der Waals surface area contributed by atoms with Gasteiger partial charge in [0.2, 0.25) is 5.95 Å². The number of nitrogens with zero attached hydrogens (tertiary/aromatic N) is 3. The molecule has 0 bridgehead atoms. The molecule has 7 nitrogen and oxygen atoms in total. The highest BCUT2D eigenvalue weighted by Crippen LogP contribution is 2.34. The SMILES string of the molecule is CN=S(C)(=O)c1ccc(Nc2ncc(Cl)c(-c3c[nH]c4ccccc34)n2)c(OC)c1. The Balaban J connectivity index is 1.73. The van der Waals surface area contributed by atoms with Crippen LogP contribution in [0.3, 0.4) is 0 Å². The lowest BCUT2D eigenvalue weighted by atomic mass is 10.1. The second kappa shape index (κ2) is 7.97. The van der Waals surface area contributed by atoms with E-state index in [9.17, 15) is 4.21 Å². The van der Waals surface area contributed by atoms with Gasteiger partial charge in [-0.1, -0.05) is 29.8 Å². The predicted molar refractivity (Wildman–Crippen MR) is 121 cm³/mol. The molecule has 2 aromatic heterocycles. The van der Waals surface area contributed by atoms with Crippen LogP contribution < -0.4 is 10.1 Å². The van der Waals surface area contributed by atoms with Gasteiger partial charge in [-0.05, 0) is 24.3 Å². The number of nitrogens with one attached hydrogen (secondary N) is 2. The Labute approximate surface area is 179 Å². The van der Waals surface area contributed by atoms with Gasteiger partial charge in [0.15, 0.2) is 0 Å². The maximum atomic E-state index is 12.5. The molecule has 0 fully saturated rings. The molecule has 154 valence electrons. The molecule has 9 heteroatoms. The third-order valence-electron chi connectivity index (χ3n) is 4.79. The quantitative estimate of drug-likeness (QED) is 0.448. The first-order chi connectivity index (χ1) is 14.4. The van der Waals surface area contributed by atoms with Crippen molar-refractivity contribution in [1.29, 1.82) is 0 Å². The third kappa shape index (κ3) is 3.71. The van der Waals surface area contributed by atoms with Crippen molar-refractivity contribution < 1.29 is 8.95 Å². The minimum Gasteiger partial charge on any atom is -0.495 e. The minimum atomic E-state index is -2.47. The van der Waals surface area contributed by atoms with Crippen LogP contribution in [0, 0.1) is 0 Å². The number of rotatable bonds is 5. The molecule has 0 aliphatic carbocycles. The number of H-pyrrole nitrogens is 1. The highest BCUT2D eigenvalue weighted by atomic mass is 35.5. The highest BCUT2D eigenvalue weighted by Gasteiger charge is 2.15. The lowest BCUT2D eigenvalue weighted by Crippen LogP contribution is -2.03. The molecular formula is C21H20ClN5O2S. The van der Waals surface area contributed by atoms with Crippen molar-refractivity contribution >= 4 is 43.9 Å². The van der Waals surface area contributed by atoms with Gasteiger partial charge in [0.05, 0.1) is 44.3 Å². The molecule has 0 saturated heterocycles. The lowest BCUT2D eigenvalue weighted by Gasteiger charge is -2.13. The fourth-order valence-corrected chi connectivity index (χ4v) is 4.17. The summed E-state index contributed by atoms with van der Waals surface area (Å²) in [7, 11) is 0.615. The Bertz CT molecular complexity index is 1360. The van der Waals surface area contributed by atoms with Crippen molar-refractivity contribution in [3.05, 3.63) is 59.9 Å². The van der Waals surface area contributed by atoms with E-state index in [-0.39, 0.29) is 0 Å². The summed E-state index contributed by atoms with van der Waals surface area (Å²) in [5, 5.41) is 4.63. The lowest BCUT2D eigenvalue weighted by molar-refractivity contribution is 0.415. The van der Waals surface area contributed by atoms with Gasteiger partial charge in [0.25, 0.3) is 0 Å². The van der Waals surface area contributed by atoms with Crippen LogP contribution in [0.4, 0.5) is 11.6 Å². The summed E-state index contributed by atoms with van der Waals surface area (Å²) in [4.78, 5) is 12.7. The van der Waals surface area contributed by atoms with Crippen molar-refractivity contribution in [3.63, 3.8) is 0 Å². The summed E-state index contributed by atoms with van der Waals surface area (Å²) in [6.45, 7) is 0. The highest BCUT2D eigenvalue weighted by molar-refractivity contribution is 7.93. The molecule has 2 N–H and O–H groups in total. The van der Waals surface area contributed by atoms with E-state index in [4.69, 9.17) is 16.3 Å². The second-order valence-corrected chi connectivity index (χ2v) is 9.46. The molecular weight excluding hydrogens is 422 g/mol. The first-order valence-electron chi connectivity index (χ1n) is 9.07. The van der Waals surface area contributed by atoms with Crippen molar-refractivity contribution in [1.82, 2.24) is 15.0 Å². The molecule has 4 rings (SSSR count). The van der Waals surface area contributed by atoms with Crippen molar-refractivity contribution in [3.8, 4) is 17.0 Å². The van der Waals surface area contributed by atoms with Crippen LogP contribution in [0.25, 0.3) is 22.2 Å². The Hall–Kier alpha value is -3.10. The van der Waals surface area contributed by atoms with Crippen molar-refractivity contribution in [2.24, 2.45) is 4.36 Å². The van der Waals surface area contributed by atoms with Gasteiger partial charge in [-0.15, -0.1) is 0 Å². The molecule has 0 aliphatic rings. The Morgan fingerprint density at radius 1 is 1.23 bits per heavy atom. The minimum absolute atomic E-state index is 0.364. The van der Waals surface area contributed by atoms with Gasteiger partial charge in [-0.25, -0.2) is 18.5 Å². The van der Waals surface area contributed by atoms with Crippen LogP contribution in [0.5, 0.6) is 5.75 Å². The second-order valence-electron chi connectivity index (χ2n) is 6.61. The summed E-state index contributed by atoms with van der Waals surface area (Å²) in [6.07, 6.45) is 5.03. The average molecular weight is 442 g/mol. The summed E-state index contributed by atoms with van der Waals surface area (Å²) in [5.74, 6) is 0.876. The van der Waals surface area contributed by atoms with E-state index in [1.165, 1.54) is 7.05 Å². The normalized spacial score (nSPS) is 13.1. The molecule has 0 amide bonds. The molecule has 1 atom stereocenters. The van der Waals surface area contributed by atoms with Gasteiger partial charge in [0, 0.05) is 36.0 Å². The van der Waals surface area contributed by atoms with Crippen molar-refractivity contribution in [2.45, 2.75) is 4.90 Å². The summed E-state index contributed by atoms with van der Waals surface area (Å²) < 4.78 is 22.0. The molecule has 4 aromatic rings. The molecule has 2 aromatic carbocycles. The van der Waals surface area contributed by atoms with E-state index >= 15 is 0 Å². The van der Waals surface area contributed by atoms with Gasteiger partial charge < -0.3 is 15.0 Å². The average Bonchev–Trinajstić information content (AvgIpc) is 3.19. The molecule has 30 heavy (non-hydrogen) atoms. The number of aromatic amines is 1. The van der Waals surface area contributed by atoms with Crippen LogP contribution in [0.2, 0.25) is 5.02 Å². The Morgan fingerprint density at radius 2 is 2.03 bits per heavy atom. The zero-order chi connectivity index (χ0) is 21.3. The Morgan fingerprint density at radius 3 is 2.80 bits per heavy atom. The number of fused-ring (bicyclic) bond motifs is 1. The first kappa shape index (κ1) is 20.2. The van der Waals surface area contributed by atoms with E-state index in [0.29, 0.717) is 33.0 Å². The van der Waals surface area contributed by atoms with Crippen LogP contribution >= 0.6 is 11.6 Å². The summed E-state index contributed by atoms with van der Waals surface area (Å²) in [5.41, 5.74) is 3.14. The number of halogens is 1. The molecule has 0 radical (unpaired) electrons. The topological polar surface area (TPSA) is 92.3 Å². The van der Waals surface area contributed by atoms with Crippen molar-refractivity contribution in [2.75, 3.05) is 25.7 Å². The van der Waals surface area contributed by atoms with Crippen LogP contribution in [0.1, 0.15) is 0 Å². The molecule has 0 saturated carbocycles. The van der Waals surface area contributed by atoms with Gasteiger partial charge >= 0.3 is 0 Å². The zero-order valence-electron chi connectivity index (χ0n) is 16.6. The standard InChI is InChI=1S/C21H20ClN5O2S/c1-23-30(3,28)13-8-9-18(19(10-13)29-2)26-21-25-12-16(22)20(27-21)15-11-24-17-7-5-4-6-14(15)17/h4-12,24H,1-3H3,(H,25,26,27). The van der Waals surface area contributed by atoms with Gasteiger partial charge in [-0.3, -0.25) is 0 Å². The summed E-state index contributed by atoms with van der Waals surface area (Å²) >= 11 is 6.40. The number of methoxy groups -OCH3 is 1. The number of hydrogen-bond donors (Lipinski definition) is 2. The zero-order valence-corrected chi connectivity index (χ0v) is 18.2. The van der Waals surface area contributed by atoms with E-state index in [1.54, 1.807) is 37.8 Å². The van der Waals surface area contributed by atoms with E-state index < -0.39 is 9.73 Å². The van der Waals surface area contributed by atoms with Crippen LogP contribution in [-0.4, -0.2) is 39.6 Å². The third-order valence-corrected chi connectivity index (χ3v) is 6.90. The number of ether oxygens (including phenoxy) is 1. The number of benzene rings is 2. The van der Waals surface area contributed by atoms with Gasteiger partial charge in [-0.2, -0.15) is 0 Å². The number of aromatic nitrogens is 3. The van der Waals surface area contributed by atoms with E-state index in [2.05, 4.69) is 24.6 Å². The largest absolute Gasteiger partial charge is 0.495 e. The number of hydrogen-bond acceptors (Lipinski definition) is 6. The molecule has 1 unspecified atom stereocenters. The number of para-hydroxylation sites is 1. The fourth-order valence-electron chi connectivity index (χ4n) is 3.12. The number of anilines is 2. The van der Waals surface area contributed by atoms with Crippen LogP contribution in [-0.2, 0) is 9.73 Å². The maximum Gasteiger partial charge on any atom is 0.227 e. The summed E-state index contributed by atoms with van der Waals surface area (Å²) in [6, 6.07) is 13.2. The Kier molecular flexibility index (Phi) is 5.36.